The molecular formula is C27H26ClN3O2. The molecule has 0 atom stereocenters. The van der Waals surface area contributed by atoms with E-state index in [1.54, 1.807) is 22.8 Å². The van der Waals surface area contributed by atoms with Gasteiger partial charge in [0.2, 0.25) is 0 Å². The number of allylic oxidation sites excluding steroid dienone is 4. The van der Waals surface area contributed by atoms with Crippen molar-refractivity contribution in [1.29, 1.82) is 0 Å². The number of nitrogens with two attached hydrogens (primary N) is 1. The number of halogens is 1. The van der Waals surface area contributed by atoms with Crippen molar-refractivity contribution in [1.82, 2.24) is 9.55 Å². The molecule has 0 spiro atoms. The lowest BCUT2D eigenvalue weighted by molar-refractivity contribution is 0.371. The molecule has 0 aliphatic carbocycles. The summed E-state index contributed by atoms with van der Waals surface area (Å²) in [5.41, 5.74) is 9.23. The molecular weight excluding hydrogens is 434 g/mol. The van der Waals surface area contributed by atoms with Crippen LogP contribution in [0.3, 0.4) is 0 Å². The maximum atomic E-state index is 13.1. The van der Waals surface area contributed by atoms with Crippen LogP contribution in [0, 0.1) is 12.3 Å². The lowest BCUT2D eigenvalue weighted by Gasteiger charge is -2.15. The average Bonchev–Trinajstić information content (AvgIpc) is 2.79. The van der Waals surface area contributed by atoms with E-state index in [0.717, 1.165) is 10.9 Å². The lowest BCUT2D eigenvalue weighted by Crippen LogP contribution is -2.25. The highest BCUT2D eigenvalue weighted by molar-refractivity contribution is 6.30. The van der Waals surface area contributed by atoms with Gasteiger partial charge in [-0.15, -0.1) is 6.42 Å². The van der Waals surface area contributed by atoms with E-state index >= 15 is 0 Å². The van der Waals surface area contributed by atoms with E-state index < -0.39 is 0 Å². The van der Waals surface area contributed by atoms with Gasteiger partial charge >= 0.3 is 5.69 Å². The Bertz CT molecular complexity index is 1330. The second kappa shape index (κ2) is 10.7. The van der Waals surface area contributed by atoms with Gasteiger partial charge in [0.05, 0.1) is 17.8 Å². The quantitative estimate of drug-likeness (QED) is 0.364. The fourth-order valence-electron chi connectivity index (χ4n) is 3.53. The molecule has 0 bridgehead atoms. The first-order valence-corrected chi connectivity index (χ1v) is 10.9. The Morgan fingerprint density at radius 3 is 2.64 bits per heavy atom. The Morgan fingerprint density at radius 1 is 1.30 bits per heavy atom. The predicted molar refractivity (Wildman–Crippen MR) is 136 cm³/mol. The maximum Gasteiger partial charge on any atom is 0.348 e. The SMILES string of the molecule is C#CCOc1ccc2c(c1)c(-c1ccc(C(C)C)cc1)nc(=O)n2CC(/C=C\N)=C/C(=C)Cl. The topological polar surface area (TPSA) is 70.1 Å². The van der Waals surface area contributed by atoms with E-state index in [4.69, 9.17) is 28.5 Å². The van der Waals surface area contributed by atoms with E-state index in [0.29, 0.717) is 33.5 Å². The number of hydrogen-bond donors (Lipinski definition) is 1. The summed E-state index contributed by atoms with van der Waals surface area (Å²) >= 11 is 5.96. The Kier molecular flexibility index (Phi) is 7.76. The van der Waals surface area contributed by atoms with Crippen LogP contribution in [0.1, 0.15) is 25.3 Å². The van der Waals surface area contributed by atoms with Crippen LogP contribution in [0.2, 0.25) is 0 Å². The molecule has 0 fully saturated rings. The molecule has 6 heteroatoms. The van der Waals surface area contributed by atoms with E-state index in [9.17, 15) is 4.79 Å². The minimum Gasteiger partial charge on any atom is -0.481 e. The van der Waals surface area contributed by atoms with Gasteiger partial charge in [-0.2, -0.15) is 4.98 Å². The highest BCUT2D eigenvalue weighted by atomic mass is 35.5. The molecule has 0 saturated carbocycles. The van der Waals surface area contributed by atoms with Crippen molar-refractivity contribution in [2.45, 2.75) is 26.3 Å². The zero-order chi connectivity index (χ0) is 24.0. The Labute approximate surface area is 198 Å². The van der Waals surface area contributed by atoms with Crippen LogP contribution in [-0.2, 0) is 6.54 Å². The van der Waals surface area contributed by atoms with Gasteiger partial charge in [0.15, 0.2) is 0 Å². The van der Waals surface area contributed by atoms with Crippen LogP contribution < -0.4 is 16.2 Å². The first-order valence-electron chi connectivity index (χ1n) is 10.5. The molecule has 0 aliphatic heterocycles. The summed E-state index contributed by atoms with van der Waals surface area (Å²) in [5, 5.41) is 1.10. The summed E-state index contributed by atoms with van der Waals surface area (Å²) in [6.45, 7) is 8.33. The fourth-order valence-corrected chi connectivity index (χ4v) is 3.67. The monoisotopic (exact) mass is 459 g/mol. The summed E-state index contributed by atoms with van der Waals surface area (Å²) in [6.07, 6.45) is 10.1. The van der Waals surface area contributed by atoms with Gasteiger partial charge in [-0.25, -0.2) is 4.79 Å². The molecule has 0 saturated heterocycles. The van der Waals surface area contributed by atoms with Crippen molar-refractivity contribution < 1.29 is 4.74 Å². The van der Waals surface area contributed by atoms with E-state index in [-0.39, 0.29) is 18.8 Å². The summed E-state index contributed by atoms with van der Waals surface area (Å²) in [4.78, 5) is 17.6. The molecule has 2 aromatic carbocycles. The smallest absolute Gasteiger partial charge is 0.348 e. The number of aromatic nitrogens is 2. The molecule has 3 aromatic rings. The minimum absolute atomic E-state index is 0.142. The summed E-state index contributed by atoms with van der Waals surface area (Å²) < 4.78 is 7.20. The van der Waals surface area contributed by atoms with Crippen molar-refractivity contribution in [2.24, 2.45) is 5.73 Å². The van der Waals surface area contributed by atoms with Crippen molar-refractivity contribution in [3.05, 3.63) is 94.0 Å². The third-order valence-electron chi connectivity index (χ3n) is 5.12. The number of fused-ring (bicyclic) bond motifs is 1. The zero-order valence-electron chi connectivity index (χ0n) is 18.7. The number of nitrogens with zero attached hydrogens (tertiary/aromatic N) is 2. The fraction of sp³-hybridized carbons (Fsp3) is 0.185. The van der Waals surface area contributed by atoms with Crippen LogP contribution in [0.5, 0.6) is 5.75 Å². The molecule has 1 aromatic heterocycles. The third kappa shape index (κ3) is 5.74. The number of rotatable bonds is 8. The van der Waals surface area contributed by atoms with E-state index in [2.05, 4.69) is 43.5 Å². The second-order valence-corrected chi connectivity index (χ2v) is 8.29. The van der Waals surface area contributed by atoms with Gasteiger partial charge in [0, 0.05) is 16.0 Å². The predicted octanol–water partition coefficient (Wildman–Crippen LogP) is 5.35. The largest absolute Gasteiger partial charge is 0.481 e. The average molecular weight is 460 g/mol. The Hall–Kier alpha value is -3.75. The summed E-state index contributed by atoms with van der Waals surface area (Å²) in [6, 6.07) is 13.5. The molecule has 33 heavy (non-hydrogen) atoms. The maximum absolute atomic E-state index is 13.1. The molecule has 3 rings (SSSR count). The van der Waals surface area contributed by atoms with Crippen LogP contribution in [-0.4, -0.2) is 16.2 Å². The first kappa shape index (κ1) is 23.9. The van der Waals surface area contributed by atoms with Gasteiger partial charge in [-0.3, -0.25) is 4.57 Å². The van der Waals surface area contributed by atoms with Crippen molar-refractivity contribution in [3.8, 4) is 29.4 Å². The van der Waals surface area contributed by atoms with Crippen LogP contribution in [0.15, 0.2) is 82.8 Å². The second-order valence-electron chi connectivity index (χ2n) is 7.80. The molecule has 1 heterocycles. The normalized spacial score (nSPS) is 11.8. The van der Waals surface area contributed by atoms with Crippen LogP contribution >= 0.6 is 11.6 Å². The first-order chi connectivity index (χ1) is 15.8. The van der Waals surface area contributed by atoms with Gasteiger partial charge in [-0.1, -0.05) is 62.2 Å². The number of hydrogen-bond acceptors (Lipinski definition) is 4. The Morgan fingerprint density at radius 2 is 2.03 bits per heavy atom. The van der Waals surface area contributed by atoms with Crippen molar-refractivity contribution >= 4 is 22.5 Å². The highest BCUT2D eigenvalue weighted by Crippen LogP contribution is 2.30. The molecule has 0 radical (unpaired) electrons. The minimum atomic E-state index is -0.390. The number of ether oxygens (including phenoxy) is 1. The standard InChI is InChI=1S/C27H26ClN3O2/c1-5-14-33-23-10-11-25-24(16-23)26(22-8-6-21(7-9-22)18(2)3)30-27(32)31(25)17-20(12-13-29)15-19(4)28/h1,6-13,15-16,18H,4,14,17,29H2,2-3H3/b13-12-,20-15+. The molecule has 5 nitrogen and oxygen atoms in total. The van der Waals surface area contributed by atoms with Gasteiger partial charge in [0.1, 0.15) is 12.4 Å². The summed E-state index contributed by atoms with van der Waals surface area (Å²) in [7, 11) is 0. The molecule has 0 unspecified atom stereocenters. The Balaban J connectivity index is 2.23. The molecule has 2 N–H and O–H groups in total. The van der Waals surface area contributed by atoms with Crippen LogP contribution in [0.4, 0.5) is 0 Å². The molecule has 0 amide bonds. The van der Waals surface area contributed by atoms with Crippen LogP contribution in [0.25, 0.3) is 22.2 Å². The van der Waals surface area contributed by atoms with E-state index in [1.807, 2.05) is 24.3 Å². The lowest BCUT2D eigenvalue weighted by atomic mass is 9.99. The van der Waals surface area contributed by atoms with Gasteiger partial charge in [-0.05, 0) is 53.6 Å². The van der Waals surface area contributed by atoms with Gasteiger partial charge in [0.25, 0.3) is 0 Å². The highest BCUT2D eigenvalue weighted by Gasteiger charge is 2.14. The summed E-state index contributed by atoms with van der Waals surface area (Å²) in [5.74, 6) is 3.46. The van der Waals surface area contributed by atoms with E-state index in [1.165, 1.54) is 11.8 Å². The molecule has 0 aliphatic rings. The number of benzene rings is 2. The third-order valence-corrected chi connectivity index (χ3v) is 5.23. The number of terminal acetylenes is 1. The molecule has 168 valence electrons. The van der Waals surface area contributed by atoms with Gasteiger partial charge < -0.3 is 10.5 Å². The zero-order valence-corrected chi connectivity index (χ0v) is 19.5. The van der Waals surface area contributed by atoms with Crippen molar-refractivity contribution in [3.63, 3.8) is 0 Å². The van der Waals surface area contributed by atoms with Crippen molar-refractivity contribution in [2.75, 3.05) is 6.61 Å².